The van der Waals surface area contributed by atoms with Crippen LogP contribution in [0.1, 0.15) is 6.92 Å². The van der Waals surface area contributed by atoms with Gasteiger partial charge in [0.2, 0.25) is 0 Å². The Morgan fingerprint density at radius 1 is 1.38 bits per heavy atom. The van der Waals surface area contributed by atoms with Crippen molar-refractivity contribution >= 4 is 11.9 Å². The lowest BCUT2D eigenvalue weighted by Crippen LogP contribution is -2.39. The molecule has 0 N–H and O–H groups in total. The van der Waals surface area contributed by atoms with E-state index in [0.29, 0.717) is 25.7 Å². The van der Waals surface area contributed by atoms with Gasteiger partial charge in [-0.15, -0.1) is 0 Å². The Morgan fingerprint density at radius 2 is 2.06 bits per heavy atom. The zero-order valence-electron chi connectivity index (χ0n) is 9.77. The summed E-state index contributed by atoms with van der Waals surface area (Å²) in [5.41, 5.74) is 0. The average molecular weight is 230 g/mol. The molecule has 0 aliphatic carbocycles. The van der Waals surface area contributed by atoms with E-state index in [1.54, 1.807) is 14.0 Å². The number of nitrogens with zero attached hydrogens (tertiary/aromatic N) is 2. The molecule has 1 fully saturated rings. The highest BCUT2D eigenvalue weighted by Crippen LogP contribution is 1.99. The van der Waals surface area contributed by atoms with Crippen molar-refractivity contribution in [3.05, 3.63) is 0 Å². The van der Waals surface area contributed by atoms with Crippen LogP contribution in [0.2, 0.25) is 0 Å². The van der Waals surface area contributed by atoms with Crippen LogP contribution in [-0.2, 0) is 14.2 Å². The number of rotatable bonds is 3. The topological polar surface area (TPSA) is 60.4 Å². The Labute approximate surface area is 95.2 Å². The van der Waals surface area contributed by atoms with E-state index in [4.69, 9.17) is 14.2 Å². The predicted molar refractivity (Wildman–Crippen MR) is 58.7 cm³/mol. The van der Waals surface area contributed by atoms with Gasteiger partial charge in [0.05, 0.1) is 19.8 Å². The standard InChI is InChI=1S/C10H18N2O4/c1-9(12-3-5-15-6-4-12)11-10(13)16-8-7-14-2/h3-8H2,1-2H3/b11-9-. The minimum atomic E-state index is -0.568. The zero-order chi connectivity index (χ0) is 11.8. The fourth-order valence-electron chi connectivity index (χ4n) is 1.33. The quantitative estimate of drug-likeness (QED) is 0.402. The molecule has 0 bridgehead atoms. The lowest BCUT2D eigenvalue weighted by atomic mass is 10.4. The molecule has 1 aliphatic rings. The molecular formula is C10H18N2O4. The number of hydrogen-bond acceptors (Lipinski definition) is 4. The van der Waals surface area contributed by atoms with Crippen LogP contribution in [0.5, 0.6) is 0 Å². The third-order valence-corrected chi connectivity index (χ3v) is 2.23. The molecule has 6 heteroatoms. The molecule has 1 aliphatic heterocycles. The van der Waals surface area contributed by atoms with E-state index < -0.39 is 6.09 Å². The summed E-state index contributed by atoms with van der Waals surface area (Å²) in [7, 11) is 1.55. The summed E-state index contributed by atoms with van der Waals surface area (Å²) in [4.78, 5) is 17.1. The second kappa shape index (κ2) is 7.19. The Hall–Kier alpha value is -1.14. The van der Waals surface area contributed by atoms with Crippen molar-refractivity contribution in [3.8, 4) is 0 Å². The number of amides is 1. The lowest BCUT2D eigenvalue weighted by molar-refractivity contribution is 0.0673. The number of hydrogen-bond donors (Lipinski definition) is 0. The summed E-state index contributed by atoms with van der Waals surface area (Å²) in [6, 6.07) is 0. The van der Waals surface area contributed by atoms with Crippen LogP contribution in [0.15, 0.2) is 4.99 Å². The fraction of sp³-hybridized carbons (Fsp3) is 0.800. The summed E-state index contributed by atoms with van der Waals surface area (Å²) >= 11 is 0. The van der Waals surface area contributed by atoms with Crippen LogP contribution in [0.25, 0.3) is 0 Å². The molecule has 92 valence electrons. The largest absolute Gasteiger partial charge is 0.445 e. The molecule has 16 heavy (non-hydrogen) atoms. The smallest absolute Gasteiger partial charge is 0.435 e. The van der Waals surface area contributed by atoms with Crippen molar-refractivity contribution in [1.82, 2.24) is 4.90 Å². The molecule has 0 atom stereocenters. The fourth-order valence-corrected chi connectivity index (χ4v) is 1.33. The minimum Gasteiger partial charge on any atom is -0.445 e. The van der Waals surface area contributed by atoms with E-state index in [-0.39, 0.29) is 6.61 Å². The summed E-state index contributed by atoms with van der Waals surface area (Å²) in [6.07, 6.45) is -0.568. The van der Waals surface area contributed by atoms with Gasteiger partial charge in [-0.25, -0.2) is 4.79 Å². The number of ether oxygens (including phenoxy) is 3. The van der Waals surface area contributed by atoms with Gasteiger partial charge in [0.25, 0.3) is 0 Å². The van der Waals surface area contributed by atoms with E-state index >= 15 is 0 Å². The van der Waals surface area contributed by atoms with Gasteiger partial charge in [0.1, 0.15) is 12.4 Å². The number of morpholine rings is 1. The van der Waals surface area contributed by atoms with Gasteiger partial charge in [0.15, 0.2) is 0 Å². The third-order valence-electron chi connectivity index (χ3n) is 2.23. The van der Waals surface area contributed by atoms with E-state index in [1.807, 2.05) is 4.90 Å². The van der Waals surface area contributed by atoms with Gasteiger partial charge in [-0.05, 0) is 6.92 Å². The van der Waals surface area contributed by atoms with Crippen LogP contribution in [-0.4, -0.2) is 63.5 Å². The van der Waals surface area contributed by atoms with Gasteiger partial charge in [0, 0.05) is 20.2 Å². The molecule has 1 amide bonds. The average Bonchev–Trinajstić information content (AvgIpc) is 2.30. The van der Waals surface area contributed by atoms with Gasteiger partial charge in [-0.2, -0.15) is 4.99 Å². The van der Waals surface area contributed by atoms with Crippen molar-refractivity contribution in [2.75, 3.05) is 46.6 Å². The number of carbonyl (C=O) groups is 1. The maximum absolute atomic E-state index is 11.2. The van der Waals surface area contributed by atoms with Gasteiger partial charge >= 0.3 is 6.09 Å². The van der Waals surface area contributed by atoms with Crippen molar-refractivity contribution in [3.63, 3.8) is 0 Å². The van der Waals surface area contributed by atoms with Gasteiger partial charge < -0.3 is 19.1 Å². The molecule has 0 aromatic heterocycles. The first-order chi connectivity index (χ1) is 7.74. The normalized spacial score (nSPS) is 17.4. The van der Waals surface area contributed by atoms with Crippen LogP contribution < -0.4 is 0 Å². The van der Waals surface area contributed by atoms with Crippen LogP contribution in [0.3, 0.4) is 0 Å². The van der Waals surface area contributed by atoms with Gasteiger partial charge in [-0.3, -0.25) is 0 Å². The van der Waals surface area contributed by atoms with Crippen LogP contribution >= 0.6 is 0 Å². The first kappa shape index (κ1) is 12.9. The monoisotopic (exact) mass is 230 g/mol. The van der Waals surface area contributed by atoms with Crippen LogP contribution in [0, 0.1) is 0 Å². The number of amidine groups is 1. The molecular weight excluding hydrogens is 212 g/mol. The highest BCUT2D eigenvalue weighted by Gasteiger charge is 2.12. The predicted octanol–water partition coefficient (Wildman–Crippen LogP) is 0.520. The number of aliphatic imine (C=N–C) groups is 1. The molecule has 1 rings (SSSR count). The lowest BCUT2D eigenvalue weighted by Gasteiger charge is -2.27. The molecule has 0 saturated carbocycles. The Kier molecular flexibility index (Phi) is 5.81. The number of carbonyl (C=O) groups excluding carboxylic acids is 1. The molecule has 0 unspecified atom stereocenters. The SMILES string of the molecule is COCCOC(=O)/N=C(/C)N1CCOCC1. The van der Waals surface area contributed by atoms with Gasteiger partial charge in [-0.1, -0.05) is 0 Å². The minimum absolute atomic E-state index is 0.231. The number of methoxy groups -OCH3 is 1. The summed E-state index contributed by atoms with van der Waals surface area (Å²) in [6.45, 7) is 5.29. The molecule has 1 saturated heterocycles. The van der Waals surface area contributed by atoms with E-state index in [1.165, 1.54) is 0 Å². The van der Waals surface area contributed by atoms with E-state index in [0.717, 1.165) is 13.1 Å². The Morgan fingerprint density at radius 3 is 2.69 bits per heavy atom. The first-order valence-electron chi connectivity index (χ1n) is 5.27. The maximum atomic E-state index is 11.2. The van der Waals surface area contributed by atoms with Crippen molar-refractivity contribution < 1.29 is 19.0 Å². The van der Waals surface area contributed by atoms with E-state index in [2.05, 4.69) is 4.99 Å². The Balaban J connectivity index is 2.32. The third kappa shape index (κ3) is 4.59. The molecule has 1 heterocycles. The highest BCUT2D eigenvalue weighted by molar-refractivity contribution is 5.90. The zero-order valence-corrected chi connectivity index (χ0v) is 9.77. The Bertz CT molecular complexity index is 249. The van der Waals surface area contributed by atoms with Crippen molar-refractivity contribution in [1.29, 1.82) is 0 Å². The highest BCUT2D eigenvalue weighted by atomic mass is 16.6. The molecule has 0 radical (unpaired) electrons. The molecule has 0 aromatic carbocycles. The summed E-state index contributed by atoms with van der Waals surface area (Å²) in [5.74, 6) is 0.672. The second-order valence-corrected chi connectivity index (χ2v) is 3.37. The molecule has 0 spiro atoms. The van der Waals surface area contributed by atoms with Crippen molar-refractivity contribution in [2.45, 2.75) is 6.92 Å². The van der Waals surface area contributed by atoms with Crippen molar-refractivity contribution in [2.24, 2.45) is 4.99 Å². The molecule has 0 aromatic rings. The molecule has 6 nitrogen and oxygen atoms in total. The summed E-state index contributed by atoms with van der Waals surface area (Å²) in [5, 5.41) is 0. The second-order valence-electron chi connectivity index (χ2n) is 3.37. The van der Waals surface area contributed by atoms with Crippen LogP contribution in [0.4, 0.5) is 4.79 Å². The summed E-state index contributed by atoms with van der Waals surface area (Å²) < 4.78 is 14.8. The first-order valence-corrected chi connectivity index (χ1v) is 5.27. The van der Waals surface area contributed by atoms with E-state index in [9.17, 15) is 4.79 Å². The maximum Gasteiger partial charge on any atom is 0.435 e.